The van der Waals surface area contributed by atoms with Crippen molar-refractivity contribution >= 4 is 27.5 Å². The number of hydrogen-bond acceptors (Lipinski definition) is 4. The summed E-state index contributed by atoms with van der Waals surface area (Å²) in [7, 11) is 1.64. The van der Waals surface area contributed by atoms with Crippen molar-refractivity contribution in [3.8, 4) is 5.75 Å². The van der Waals surface area contributed by atoms with Gasteiger partial charge < -0.3 is 14.0 Å². The van der Waals surface area contributed by atoms with E-state index in [1.54, 1.807) is 7.11 Å². The van der Waals surface area contributed by atoms with Crippen LogP contribution in [-0.4, -0.2) is 30.8 Å². The van der Waals surface area contributed by atoms with Crippen LogP contribution in [0.3, 0.4) is 0 Å². The summed E-state index contributed by atoms with van der Waals surface area (Å²) in [4.78, 5) is 17.8. The number of carbonyl (C=O) groups excluding carboxylic acids is 1. The number of carbonyl (C=O) groups is 1. The SMILES string of the molecule is CCOCCn1c(=NC(=O)c2ccccc2C)sc2cc(OC)ccc21. The number of amides is 1. The molecule has 0 aliphatic heterocycles. The van der Waals surface area contributed by atoms with E-state index >= 15 is 0 Å². The van der Waals surface area contributed by atoms with Gasteiger partial charge in [0.2, 0.25) is 0 Å². The van der Waals surface area contributed by atoms with Crippen LogP contribution in [0.1, 0.15) is 22.8 Å². The average molecular weight is 370 g/mol. The van der Waals surface area contributed by atoms with Gasteiger partial charge in [-0.15, -0.1) is 0 Å². The van der Waals surface area contributed by atoms with Crippen LogP contribution >= 0.6 is 11.3 Å². The van der Waals surface area contributed by atoms with Crippen LogP contribution in [0.2, 0.25) is 0 Å². The van der Waals surface area contributed by atoms with Crippen LogP contribution in [0.4, 0.5) is 0 Å². The van der Waals surface area contributed by atoms with Gasteiger partial charge in [0.1, 0.15) is 5.75 Å². The van der Waals surface area contributed by atoms with Crippen LogP contribution < -0.4 is 9.54 Å². The zero-order valence-electron chi connectivity index (χ0n) is 15.2. The molecule has 6 heteroatoms. The minimum Gasteiger partial charge on any atom is -0.497 e. The predicted octanol–water partition coefficient (Wildman–Crippen LogP) is 3.80. The highest BCUT2D eigenvalue weighted by atomic mass is 32.1. The van der Waals surface area contributed by atoms with E-state index in [9.17, 15) is 4.79 Å². The Bertz CT molecular complexity index is 988. The summed E-state index contributed by atoms with van der Waals surface area (Å²) in [5.41, 5.74) is 2.57. The first-order valence-corrected chi connectivity index (χ1v) is 9.35. The number of thiazole rings is 1. The van der Waals surface area contributed by atoms with Gasteiger partial charge in [0, 0.05) is 18.7 Å². The van der Waals surface area contributed by atoms with E-state index < -0.39 is 0 Å². The minimum atomic E-state index is -0.230. The van der Waals surface area contributed by atoms with Crippen LogP contribution in [-0.2, 0) is 11.3 Å². The van der Waals surface area contributed by atoms with Gasteiger partial charge in [-0.2, -0.15) is 4.99 Å². The Kier molecular flexibility index (Phi) is 5.85. The maximum Gasteiger partial charge on any atom is 0.279 e. The number of fused-ring (bicyclic) bond motifs is 1. The summed E-state index contributed by atoms with van der Waals surface area (Å²) in [6.07, 6.45) is 0. The smallest absolute Gasteiger partial charge is 0.279 e. The lowest BCUT2D eigenvalue weighted by molar-refractivity contribution is 0.0996. The Morgan fingerprint density at radius 2 is 2.04 bits per heavy atom. The van der Waals surface area contributed by atoms with Gasteiger partial charge in [-0.25, -0.2) is 0 Å². The summed E-state index contributed by atoms with van der Waals surface area (Å²) in [5.74, 6) is 0.555. The van der Waals surface area contributed by atoms with Crippen molar-refractivity contribution < 1.29 is 14.3 Å². The van der Waals surface area contributed by atoms with Crippen LogP contribution in [0.5, 0.6) is 5.75 Å². The Morgan fingerprint density at radius 3 is 2.77 bits per heavy atom. The molecule has 3 aromatic rings. The van der Waals surface area contributed by atoms with Crippen molar-refractivity contribution in [3.63, 3.8) is 0 Å². The Balaban J connectivity index is 2.09. The van der Waals surface area contributed by atoms with Crippen molar-refractivity contribution in [3.05, 3.63) is 58.4 Å². The van der Waals surface area contributed by atoms with E-state index in [1.165, 1.54) is 11.3 Å². The Hall–Kier alpha value is -2.44. The first kappa shape index (κ1) is 18.4. The zero-order chi connectivity index (χ0) is 18.5. The minimum absolute atomic E-state index is 0.230. The molecular formula is C20H22N2O3S. The van der Waals surface area contributed by atoms with Crippen LogP contribution in [0, 0.1) is 6.92 Å². The van der Waals surface area contributed by atoms with Crippen molar-refractivity contribution in [2.24, 2.45) is 4.99 Å². The molecule has 26 heavy (non-hydrogen) atoms. The van der Waals surface area contributed by atoms with Gasteiger partial charge in [0.25, 0.3) is 5.91 Å². The molecule has 136 valence electrons. The fraction of sp³-hybridized carbons (Fsp3) is 0.300. The maximum absolute atomic E-state index is 12.7. The lowest BCUT2D eigenvalue weighted by Crippen LogP contribution is -2.20. The van der Waals surface area contributed by atoms with Gasteiger partial charge in [-0.1, -0.05) is 29.5 Å². The summed E-state index contributed by atoms with van der Waals surface area (Å²) in [6, 6.07) is 13.4. The molecule has 5 nitrogen and oxygen atoms in total. The highest BCUT2D eigenvalue weighted by Gasteiger charge is 2.11. The van der Waals surface area contributed by atoms with Crippen LogP contribution in [0.25, 0.3) is 10.2 Å². The number of hydrogen-bond donors (Lipinski definition) is 0. The molecule has 1 amide bonds. The largest absolute Gasteiger partial charge is 0.497 e. The summed E-state index contributed by atoms with van der Waals surface area (Å²) < 4.78 is 13.9. The zero-order valence-corrected chi connectivity index (χ0v) is 16.0. The fourth-order valence-corrected chi connectivity index (χ4v) is 3.83. The summed E-state index contributed by atoms with van der Waals surface area (Å²) >= 11 is 1.48. The van der Waals surface area contributed by atoms with E-state index in [4.69, 9.17) is 9.47 Å². The lowest BCUT2D eigenvalue weighted by Gasteiger charge is -2.06. The molecule has 0 atom stereocenters. The third kappa shape index (κ3) is 3.86. The van der Waals surface area contributed by atoms with Crippen LogP contribution in [0.15, 0.2) is 47.5 Å². The first-order valence-electron chi connectivity index (χ1n) is 8.54. The molecule has 1 heterocycles. The molecule has 0 saturated carbocycles. The molecule has 2 aromatic carbocycles. The van der Waals surface area contributed by atoms with Gasteiger partial charge >= 0.3 is 0 Å². The summed E-state index contributed by atoms with van der Waals surface area (Å²) in [6.45, 7) is 5.75. The van der Waals surface area contributed by atoms with Crippen molar-refractivity contribution in [2.45, 2.75) is 20.4 Å². The third-order valence-corrected chi connectivity index (χ3v) is 5.17. The molecule has 3 rings (SSSR count). The molecular weight excluding hydrogens is 348 g/mol. The van der Waals surface area contributed by atoms with E-state index in [1.807, 2.05) is 60.9 Å². The molecule has 0 saturated heterocycles. The molecule has 0 fully saturated rings. The third-order valence-electron chi connectivity index (χ3n) is 4.13. The van der Waals surface area contributed by atoms with Gasteiger partial charge in [0.05, 0.1) is 23.9 Å². The molecule has 0 radical (unpaired) electrons. The van der Waals surface area contributed by atoms with Gasteiger partial charge in [0.15, 0.2) is 4.80 Å². The van der Waals surface area contributed by atoms with Gasteiger partial charge in [-0.3, -0.25) is 4.79 Å². The number of ether oxygens (including phenoxy) is 2. The van der Waals surface area contributed by atoms with Crippen molar-refractivity contribution in [1.82, 2.24) is 4.57 Å². The molecule has 0 unspecified atom stereocenters. The number of nitrogens with zero attached hydrogens (tertiary/aromatic N) is 2. The van der Waals surface area contributed by atoms with Crippen molar-refractivity contribution in [2.75, 3.05) is 20.3 Å². The Morgan fingerprint density at radius 1 is 1.23 bits per heavy atom. The number of benzene rings is 2. The number of rotatable bonds is 6. The lowest BCUT2D eigenvalue weighted by atomic mass is 10.1. The standard InChI is InChI=1S/C20H22N2O3S/c1-4-25-12-11-22-17-10-9-15(24-3)13-18(17)26-20(22)21-19(23)16-8-6-5-7-14(16)2/h5-10,13H,4,11-12H2,1-3H3. The second kappa shape index (κ2) is 8.29. The van der Waals surface area contributed by atoms with E-state index in [2.05, 4.69) is 4.99 Å². The molecule has 1 aromatic heterocycles. The number of aryl methyl sites for hydroxylation is 1. The molecule has 0 aliphatic carbocycles. The van der Waals surface area contributed by atoms with E-state index in [0.717, 1.165) is 21.5 Å². The first-order chi connectivity index (χ1) is 12.6. The van der Waals surface area contributed by atoms with Crippen molar-refractivity contribution in [1.29, 1.82) is 0 Å². The Labute approximate surface area is 156 Å². The molecule has 0 aliphatic rings. The second-order valence-corrected chi connectivity index (χ2v) is 6.81. The molecule has 0 spiro atoms. The van der Waals surface area contributed by atoms with E-state index in [0.29, 0.717) is 30.1 Å². The summed E-state index contributed by atoms with van der Waals surface area (Å²) in [5, 5.41) is 0. The quantitative estimate of drug-likeness (QED) is 0.620. The maximum atomic E-state index is 12.7. The topological polar surface area (TPSA) is 52.8 Å². The molecule has 0 bridgehead atoms. The van der Waals surface area contributed by atoms with E-state index in [-0.39, 0.29) is 5.91 Å². The number of aromatic nitrogens is 1. The fourth-order valence-electron chi connectivity index (χ4n) is 2.74. The highest BCUT2D eigenvalue weighted by Crippen LogP contribution is 2.23. The highest BCUT2D eigenvalue weighted by molar-refractivity contribution is 7.16. The normalized spacial score (nSPS) is 11.9. The second-order valence-electron chi connectivity index (χ2n) is 5.80. The predicted molar refractivity (Wildman–Crippen MR) is 104 cm³/mol. The monoisotopic (exact) mass is 370 g/mol. The van der Waals surface area contributed by atoms with Gasteiger partial charge in [-0.05, 0) is 43.7 Å². The molecule has 0 N–H and O–H groups in total. The number of methoxy groups -OCH3 is 1. The average Bonchev–Trinajstić information content (AvgIpc) is 2.98.